The minimum atomic E-state index is -4.43. The maximum Gasteiger partial charge on any atom is 0.416 e. The Bertz CT molecular complexity index is 1230. The number of aryl methyl sites for hydroxylation is 1. The molecule has 5 nitrogen and oxygen atoms in total. The number of amides is 1. The topological polar surface area (TPSA) is 75.6 Å². The van der Waals surface area contributed by atoms with E-state index in [-0.39, 0.29) is 23.8 Å². The minimum Gasteiger partial charge on any atom is -0.487 e. The second kappa shape index (κ2) is 9.98. The van der Waals surface area contributed by atoms with Gasteiger partial charge < -0.3 is 15.2 Å². The molecule has 0 saturated heterocycles. The number of carboxylic acid groups (broad SMARTS) is 1. The number of aliphatic carboxylic acids is 1. The molecule has 0 bridgehead atoms. The first kappa shape index (κ1) is 24.6. The van der Waals surface area contributed by atoms with Crippen LogP contribution in [0.2, 0.25) is 0 Å². The normalized spacial score (nSPS) is 15.2. The van der Waals surface area contributed by atoms with Crippen molar-refractivity contribution >= 4 is 22.6 Å². The molecule has 1 amide bonds. The van der Waals surface area contributed by atoms with Crippen molar-refractivity contribution in [2.45, 2.75) is 51.4 Å². The first-order valence-corrected chi connectivity index (χ1v) is 11.5. The molecule has 8 heteroatoms. The molecule has 1 atom stereocenters. The third-order valence-corrected chi connectivity index (χ3v) is 6.46. The van der Waals surface area contributed by atoms with Gasteiger partial charge in [0.15, 0.2) is 0 Å². The molecular formula is C27H26F3NO4. The first-order chi connectivity index (χ1) is 16.6. The van der Waals surface area contributed by atoms with Gasteiger partial charge >= 0.3 is 12.1 Å². The number of ether oxygens (including phenoxy) is 1. The predicted octanol–water partition coefficient (Wildman–Crippen LogP) is 6.12. The van der Waals surface area contributed by atoms with Gasteiger partial charge in [-0.15, -0.1) is 0 Å². The molecule has 184 valence electrons. The lowest BCUT2D eigenvalue weighted by Gasteiger charge is -2.22. The van der Waals surface area contributed by atoms with E-state index in [9.17, 15) is 27.9 Å². The highest BCUT2D eigenvalue weighted by Crippen LogP contribution is 2.34. The smallest absolute Gasteiger partial charge is 0.416 e. The lowest BCUT2D eigenvalue weighted by atomic mass is 9.97. The molecule has 1 aliphatic rings. The Morgan fingerprint density at radius 1 is 1.06 bits per heavy atom. The van der Waals surface area contributed by atoms with Crippen molar-refractivity contribution in [3.63, 3.8) is 0 Å². The monoisotopic (exact) mass is 485 g/mol. The van der Waals surface area contributed by atoms with Gasteiger partial charge in [0, 0.05) is 5.39 Å². The van der Waals surface area contributed by atoms with Crippen LogP contribution in [0, 0.1) is 12.8 Å². The summed E-state index contributed by atoms with van der Waals surface area (Å²) in [5.41, 5.74) is 0.861. The lowest BCUT2D eigenvalue weighted by molar-refractivity contribution is -0.140. The predicted molar refractivity (Wildman–Crippen MR) is 125 cm³/mol. The fourth-order valence-electron chi connectivity index (χ4n) is 4.58. The Balaban J connectivity index is 1.64. The fraction of sp³-hybridized carbons (Fsp3) is 0.333. The van der Waals surface area contributed by atoms with Crippen LogP contribution in [0.15, 0.2) is 54.6 Å². The maximum atomic E-state index is 13.3. The molecule has 35 heavy (non-hydrogen) atoms. The fourth-order valence-corrected chi connectivity index (χ4v) is 4.58. The molecule has 0 aromatic heterocycles. The van der Waals surface area contributed by atoms with Crippen LogP contribution in [-0.4, -0.2) is 23.0 Å². The zero-order valence-corrected chi connectivity index (χ0v) is 19.2. The van der Waals surface area contributed by atoms with Crippen molar-refractivity contribution in [1.82, 2.24) is 5.32 Å². The Labute approximate surface area is 200 Å². The third-order valence-electron chi connectivity index (χ3n) is 6.46. The van der Waals surface area contributed by atoms with E-state index >= 15 is 0 Å². The molecule has 1 saturated carbocycles. The van der Waals surface area contributed by atoms with Crippen LogP contribution in [0.3, 0.4) is 0 Å². The van der Waals surface area contributed by atoms with Gasteiger partial charge in [0.05, 0.1) is 11.1 Å². The van der Waals surface area contributed by atoms with Crippen molar-refractivity contribution in [3.05, 3.63) is 76.9 Å². The van der Waals surface area contributed by atoms with Crippen LogP contribution >= 0.6 is 0 Å². The van der Waals surface area contributed by atoms with Crippen LogP contribution in [0.4, 0.5) is 13.2 Å². The maximum absolute atomic E-state index is 13.3. The number of halogens is 3. The number of fused-ring (bicyclic) bond motifs is 1. The van der Waals surface area contributed by atoms with E-state index in [0.29, 0.717) is 10.9 Å². The number of carbonyl (C=O) groups is 2. The second-order valence-corrected chi connectivity index (χ2v) is 8.98. The SMILES string of the molecule is Cc1ccc2ccc(C(=O)NC(C(=O)O)C3CCCC3)c(OCc3ccc(C(F)(F)F)cc3)c2c1. The van der Waals surface area contributed by atoms with Crippen molar-refractivity contribution in [2.75, 3.05) is 0 Å². The summed E-state index contributed by atoms with van der Waals surface area (Å²) >= 11 is 0. The van der Waals surface area contributed by atoms with Crippen molar-refractivity contribution in [2.24, 2.45) is 5.92 Å². The molecule has 0 heterocycles. The van der Waals surface area contributed by atoms with E-state index in [0.717, 1.165) is 48.8 Å². The second-order valence-electron chi connectivity index (χ2n) is 8.98. The highest BCUT2D eigenvalue weighted by Gasteiger charge is 2.33. The van der Waals surface area contributed by atoms with Gasteiger partial charge in [-0.1, -0.05) is 48.7 Å². The van der Waals surface area contributed by atoms with E-state index in [1.807, 2.05) is 25.1 Å². The number of rotatable bonds is 7. The molecule has 1 unspecified atom stereocenters. The highest BCUT2D eigenvalue weighted by molar-refractivity contribution is 6.05. The molecule has 3 aromatic carbocycles. The zero-order chi connectivity index (χ0) is 25.2. The quantitative estimate of drug-likeness (QED) is 0.423. The van der Waals surface area contributed by atoms with Crippen molar-refractivity contribution < 1.29 is 32.6 Å². The van der Waals surface area contributed by atoms with Gasteiger partial charge in [0.25, 0.3) is 5.91 Å². The van der Waals surface area contributed by atoms with E-state index in [2.05, 4.69) is 5.32 Å². The Morgan fingerprint density at radius 3 is 2.34 bits per heavy atom. The Morgan fingerprint density at radius 2 is 1.71 bits per heavy atom. The summed E-state index contributed by atoms with van der Waals surface area (Å²) in [5.74, 6) is -1.50. The summed E-state index contributed by atoms with van der Waals surface area (Å²) in [7, 11) is 0. The summed E-state index contributed by atoms with van der Waals surface area (Å²) < 4.78 is 44.7. The number of carbonyl (C=O) groups excluding carboxylic acids is 1. The van der Waals surface area contributed by atoms with Gasteiger partial charge in [0.2, 0.25) is 0 Å². The van der Waals surface area contributed by atoms with Gasteiger partial charge in [0.1, 0.15) is 18.4 Å². The zero-order valence-electron chi connectivity index (χ0n) is 19.2. The van der Waals surface area contributed by atoms with E-state index in [1.165, 1.54) is 12.1 Å². The average molecular weight is 486 g/mol. The Hall–Kier alpha value is -3.55. The van der Waals surface area contributed by atoms with Gasteiger partial charge in [-0.05, 0) is 60.9 Å². The highest BCUT2D eigenvalue weighted by atomic mass is 19.4. The number of carboxylic acids is 1. The molecule has 3 aromatic rings. The molecule has 1 aliphatic carbocycles. The largest absolute Gasteiger partial charge is 0.487 e. The van der Waals surface area contributed by atoms with Crippen LogP contribution in [0.1, 0.15) is 52.7 Å². The number of hydrogen-bond acceptors (Lipinski definition) is 3. The van der Waals surface area contributed by atoms with Crippen LogP contribution in [0.25, 0.3) is 10.8 Å². The molecule has 4 rings (SSSR count). The molecule has 0 aliphatic heterocycles. The van der Waals surface area contributed by atoms with E-state index in [1.54, 1.807) is 12.1 Å². The van der Waals surface area contributed by atoms with Crippen LogP contribution in [-0.2, 0) is 17.6 Å². The third kappa shape index (κ3) is 5.58. The van der Waals surface area contributed by atoms with Crippen LogP contribution < -0.4 is 10.1 Å². The molecule has 0 radical (unpaired) electrons. The molecule has 2 N–H and O–H groups in total. The summed E-state index contributed by atoms with van der Waals surface area (Å²) in [6.07, 6.45) is -1.09. The van der Waals surface area contributed by atoms with Crippen molar-refractivity contribution in [1.29, 1.82) is 0 Å². The van der Waals surface area contributed by atoms with Gasteiger partial charge in [-0.25, -0.2) is 4.79 Å². The molecular weight excluding hydrogens is 459 g/mol. The Kier molecular flexibility index (Phi) is 7.00. The average Bonchev–Trinajstić information content (AvgIpc) is 3.34. The standard InChI is InChI=1S/C27H26F3NO4/c1-16-6-9-18-10-13-21(25(32)31-23(26(33)34)19-4-2-3-5-19)24(22(18)14-16)35-15-17-7-11-20(12-8-17)27(28,29)30/h6-14,19,23H,2-5,15H2,1H3,(H,31,32)(H,33,34). The summed E-state index contributed by atoms with van der Waals surface area (Å²) in [6.45, 7) is 1.84. The summed E-state index contributed by atoms with van der Waals surface area (Å²) in [4.78, 5) is 25.1. The van der Waals surface area contributed by atoms with Crippen LogP contribution in [0.5, 0.6) is 5.75 Å². The minimum absolute atomic E-state index is 0.0591. The van der Waals surface area contributed by atoms with E-state index < -0.39 is 29.7 Å². The van der Waals surface area contributed by atoms with Crippen molar-refractivity contribution in [3.8, 4) is 5.75 Å². The first-order valence-electron chi connectivity index (χ1n) is 11.5. The number of alkyl halides is 3. The van der Waals surface area contributed by atoms with Gasteiger partial charge in [-0.2, -0.15) is 13.2 Å². The summed E-state index contributed by atoms with van der Waals surface area (Å²) in [5, 5.41) is 13.9. The summed E-state index contributed by atoms with van der Waals surface area (Å²) in [6, 6.07) is 12.7. The molecule has 1 fully saturated rings. The van der Waals surface area contributed by atoms with Gasteiger partial charge in [-0.3, -0.25) is 4.79 Å². The molecule has 0 spiro atoms. The number of nitrogens with one attached hydrogen (secondary N) is 1. The van der Waals surface area contributed by atoms with E-state index in [4.69, 9.17) is 4.74 Å². The number of benzene rings is 3. The lowest BCUT2D eigenvalue weighted by Crippen LogP contribution is -2.45. The number of hydrogen-bond donors (Lipinski definition) is 2.